The Morgan fingerprint density at radius 2 is 1.85 bits per heavy atom. The van der Waals surface area contributed by atoms with Crippen LogP contribution in [0.5, 0.6) is 5.75 Å². The molecular formula is C32H26FN5O2. The summed E-state index contributed by atoms with van der Waals surface area (Å²) in [5.41, 5.74) is 5.63. The van der Waals surface area contributed by atoms with E-state index in [1.807, 2.05) is 35.8 Å². The number of fused-ring (bicyclic) bond motifs is 3. The van der Waals surface area contributed by atoms with Crippen molar-refractivity contribution in [2.24, 2.45) is 0 Å². The maximum atomic E-state index is 14.0. The lowest BCUT2D eigenvalue weighted by molar-refractivity contribution is 0.0682. The van der Waals surface area contributed by atoms with Crippen molar-refractivity contribution in [1.29, 1.82) is 10.5 Å². The molecule has 0 radical (unpaired) electrons. The Balaban J connectivity index is 1.60. The Kier molecular flexibility index (Phi) is 6.12. The molecule has 40 heavy (non-hydrogen) atoms. The molecule has 0 saturated carbocycles. The highest BCUT2D eigenvalue weighted by atomic mass is 19.1. The van der Waals surface area contributed by atoms with Gasteiger partial charge >= 0.3 is 0 Å². The molecule has 1 fully saturated rings. The molecule has 0 aliphatic carbocycles. The second kappa shape index (κ2) is 9.66. The predicted molar refractivity (Wildman–Crippen MR) is 148 cm³/mol. The number of likely N-dealkylation sites (tertiary alicyclic amines) is 1. The Bertz CT molecular complexity index is 1740. The number of pyridine rings is 1. The fourth-order valence-electron chi connectivity index (χ4n) is 6.01. The van der Waals surface area contributed by atoms with Crippen LogP contribution >= 0.6 is 0 Å². The van der Waals surface area contributed by atoms with Crippen molar-refractivity contribution in [3.8, 4) is 51.4 Å². The van der Waals surface area contributed by atoms with E-state index in [1.165, 1.54) is 12.1 Å². The number of methoxy groups -OCH3 is 1. The zero-order valence-corrected chi connectivity index (χ0v) is 22.2. The minimum absolute atomic E-state index is 0.188. The minimum Gasteiger partial charge on any atom is -0.496 e. The average Bonchev–Trinajstić information content (AvgIpc) is 3.58. The molecule has 2 aromatic heterocycles. The fraction of sp³-hybridized carbons (Fsp3) is 0.250. The zero-order chi connectivity index (χ0) is 28.0. The summed E-state index contributed by atoms with van der Waals surface area (Å²) in [6.07, 6.45) is 3.64. The molecule has 2 aliphatic rings. The quantitative estimate of drug-likeness (QED) is 0.323. The van der Waals surface area contributed by atoms with Gasteiger partial charge in [-0.25, -0.2) is 9.37 Å². The molecule has 2 aliphatic heterocycles. The van der Waals surface area contributed by atoms with Crippen LogP contribution in [0.4, 0.5) is 4.39 Å². The van der Waals surface area contributed by atoms with Crippen molar-refractivity contribution in [3.63, 3.8) is 0 Å². The van der Waals surface area contributed by atoms with Crippen LogP contribution in [0.3, 0.4) is 0 Å². The van der Waals surface area contributed by atoms with Crippen LogP contribution in [0.15, 0.2) is 60.8 Å². The molecule has 4 heterocycles. The number of hydrogen-bond acceptors (Lipinski definition) is 5. The number of carbonyl (C=O) groups excluding carboxylic acids is 1. The Labute approximate surface area is 231 Å². The van der Waals surface area contributed by atoms with Crippen molar-refractivity contribution in [3.05, 3.63) is 83.6 Å². The van der Waals surface area contributed by atoms with Gasteiger partial charge in [-0.3, -0.25) is 4.79 Å². The lowest BCUT2D eigenvalue weighted by Crippen LogP contribution is -2.44. The summed E-state index contributed by atoms with van der Waals surface area (Å²) >= 11 is 0. The van der Waals surface area contributed by atoms with Gasteiger partial charge in [0.15, 0.2) is 0 Å². The molecule has 7 nitrogen and oxygen atoms in total. The summed E-state index contributed by atoms with van der Waals surface area (Å²) in [6.45, 7) is 2.89. The van der Waals surface area contributed by atoms with E-state index in [0.717, 1.165) is 39.9 Å². The number of nitrogens with zero attached hydrogens (tertiary/aromatic N) is 5. The van der Waals surface area contributed by atoms with E-state index in [4.69, 9.17) is 4.74 Å². The summed E-state index contributed by atoms with van der Waals surface area (Å²) in [6, 6.07) is 20.2. The number of hydrogen-bond donors (Lipinski definition) is 0. The summed E-state index contributed by atoms with van der Waals surface area (Å²) in [5.74, 6) is 0.0973. The summed E-state index contributed by atoms with van der Waals surface area (Å²) in [7, 11) is 1.60. The third-order valence-electron chi connectivity index (χ3n) is 8.09. The van der Waals surface area contributed by atoms with Gasteiger partial charge in [0.05, 0.1) is 18.9 Å². The molecule has 2 aromatic carbocycles. The number of nitriles is 2. The minimum atomic E-state index is -0.862. The number of carbonyl (C=O) groups is 1. The first-order valence-corrected chi connectivity index (χ1v) is 13.2. The largest absolute Gasteiger partial charge is 0.496 e. The second-order valence-electron chi connectivity index (χ2n) is 10.4. The van der Waals surface area contributed by atoms with Crippen LogP contribution < -0.4 is 4.74 Å². The van der Waals surface area contributed by atoms with Gasteiger partial charge in [0.25, 0.3) is 5.91 Å². The number of halogens is 1. The highest BCUT2D eigenvalue weighted by Crippen LogP contribution is 2.45. The summed E-state index contributed by atoms with van der Waals surface area (Å²) in [5, 5.41) is 19.6. The number of aromatic nitrogens is 2. The Morgan fingerprint density at radius 3 is 2.58 bits per heavy atom. The monoisotopic (exact) mass is 531 g/mol. The molecular weight excluding hydrogens is 505 g/mol. The van der Waals surface area contributed by atoms with Crippen molar-refractivity contribution >= 4 is 5.91 Å². The number of amides is 1. The zero-order valence-electron chi connectivity index (χ0n) is 22.2. The van der Waals surface area contributed by atoms with Gasteiger partial charge in [-0.15, -0.1) is 0 Å². The number of aryl methyl sites for hydroxylation is 1. The molecule has 198 valence electrons. The maximum Gasteiger partial charge on any atom is 0.271 e. The van der Waals surface area contributed by atoms with E-state index in [0.29, 0.717) is 42.9 Å². The third-order valence-corrected chi connectivity index (χ3v) is 8.09. The lowest BCUT2D eigenvalue weighted by atomic mass is 9.90. The second-order valence-corrected chi connectivity index (χ2v) is 10.4. The van der Waals surface area contributed by atoms with E-state index < -0.39 is 5.54 Å². The lowest BCUT2D eigenvalue weighted by Gasteiger charge is -2.30. The molecule has 8 heteroatoms. The van der Waals surface area contributed by atoms with E-state index in [-0.39, 0.29) is 17.4 Å². The predicted octanol–water partition coefficient (Wildman–Crippen LogP) is 5.98. The molecule has 0 N–H and O–H groups in total. The van der Waals surface area contributed by atoms with Gasteiger partial charge in [0, 0.05) is 41.5 Å². The standard InChI is InChI=1S/C32H26FN5O2/c1-32(19-35)11-4-13-38(32)31(39)28-17-25(20-6-8-22(33)9-7-20)30-24-16-26(23-5-3-12-36-27(23)18-34)29(40-2)15-21(24)10-14-37(28)30/h3,5-9,12,15-17H,4,10-11,13-14H2,1-2H3/t32-/m1/s1. The van der Waals surface area contributed by atoms with Crippen LogP contribution in [0, 0.1) is 28.5 Å². The molecule has 6 rings (SSSR count). The van der Waals surface area contributed by atoms with Gasteiger partial charge in [-0.1, -0.05) is 12.1 Å². The van der Waals surface area contributed by atoms with Gasteiger partial charge in [-0.05, 0) is 79.8 Å². The smallest absolute Gasteiger partial charge is 0.271 e. The number of benzene rings is 2. The van der Waals surface area contributed by atoms with E-state index in [2.05, 4.69) is 17.1 Å². The van der Waals surface area contributed by atoms with Gasteiger partial charge in [-0.2, -0.15) is 10.5 Å². The molecule has 0 unspecified atom stereocenters. The Hall–Kier alpha value is -4.95. The van der Waals surface area contributed by atoms with Gasteiger partial charge in [0.1, 0.15) is 34.6 Å². The van der Waals surface area contributed by atoms with Gasteiger partial charge in [0.2, 0.25) is 0 Å². The molecule has 1 atom stereocenters. The third kappa shape index (κ3) is 3.92. The molecule has 0 bridgehead atoms. The van der Waals surface area contributed by atoms with Crippen LogP contribution in [-0.4, -0.2) is 39.6 Å². The number of rotatable bonds is 4. The van der Waals surface area contributed by atoms with Crippen molar-refractivity contribution in [1.82, 2.24) is 14.5 Å². The first kappa shape index (κ1) is 25.3. The molecule has 1 amide bonds. The van der Waals surface area contributed by atoms with E-state index in [1.54, 1.807) is 36.4 Å². The van der Waals surface area contributed by atoms with Crippen LogP contribution in [0.25, 0.3) is 33.5 Å². The van der Waals surface area contributed by atoms with Crippen molar-refractivity contribution in [2.75, 3.05) is 13.7 Å². The molecule has 1 saturated heterocycles. The topological polar surface area (TPSA) is 94.9 Å². The average molecular weight is 532 g/mol. The highest BCUT2D eigenvalue weighted by molar-refractivity contribution is 5.99. The first-order valence-electron chi connectivity index (χ1n) is 13.2. The molecule has 0 spiro atoms. The SMILES string of the molecule is COc1cc2c(cc1-c1cccnc1C#N)-c1c(-c3ccc(F)cc3)cc(C(=O)N3CCC[C@]3(C)C#N)n1CC2. The fourth-order valence-corrected chi connectivity index (χ4v) is 6.01. The molecule has 4 aromatic rings. The Morgan fingerprint density at radius 1 is 1.05 bits per heavy atom. The van der Waals surface area contributed by atoms with E-state index in [9.17, 15) is 19.7 Å². The highest BCUT2D eigenvalue weighted by Gasteiger charge is 2.42. The normalized spacial score (nSPS) is 17.5. The van der Waals surface area contributed by atoms with Crippen LogP contribution in [-0.2, 0) is 13.0 Å². The van der Waals surface area contributed by atoms with Crippen LogP contribution in [0.2, 0.25) is 0 Å². The van der Waals surface area contributed by atoms with E-state index >= 15 is 0 Å². The maximum absolute atomic E-state index is 14.0. The summed E-state index contributed by atoms with van der Waals surface area (Å²) < 4.78 is 21.7. The van der Waals surface area contributed by atoms with Crippen LogP contribution in [0.1, 0.15) is 41.5 Å². The first-order chi connectivity index (χ1) is 19.4. The van der Waals surface area contributed by atoms with Crippen molar-refractivity contribution in [2.45, 2.75) is 38.3 Å². The summed E-state index contributed by atoms with van der Waals surface area (Å²) in [4.78, 5) is 19.9. The van der Waals surface area contributed by atoms with Crippen molar-refractivity contribution < 1.29 is 13.9 Å². The van der Waals surface area contributed by atoms with Gasteiger partial charge < -0.3 is 14.2 Å². The number of ether oxygens (including phenoxy) is 1.